The van der Waals surface area contributed by atoms with Crippen LogP contribution in [0, 0.1) is 0 Å². The molecule has 0 atom stereocenters. The fourth-order valence-corrected chi connectivity index (χ4v) is 3.95. The SMILES string of the molecule is CCCCn1c(=O)[nH]c(=O)c2c1nc(COC(=O)c1ccc(N3CCCC3)nn1)n2CC. The fourth-order valence-electron chi connectivity index (χ4n) is 3.95. The van der Waals surface area contributed by atoms with Crippen molar-refractivity contribution in [1.29, 1.82) is 0 Å². The zero-order chi connectivity index (χ0) is 22.7. The molecular formula is C21H27N7O4. The molecule has 11 heteroatoms. The predicted octanol–water partition coefficient (Wildman–Crippen LogP) is 1.45. The number of ether oxygens (including phenoxy) is 1. The second kappa shape index (κ2) is 9.33. The molecule has 0 unspecified atom stereocenters. The van der Waals surface area contributed by atoms with Crippen LogP contribution in [-0.4, -0.2) is 48.4 Å². The van der Waals surface area contributed by atoms with E-state index in [1.54, 1.807) is 16.7 Å². The van der Waals surface area contributed by atoms with Crippen molar-refractivity contribution in [3.05, 3.63) is 44.5 Å². The van der Waals surface area contributed by atoms with Crippen molar-refractivity contribution >= 4 is 23.0 Å². The lowest BCUT2D eigenvalue weighted by atomic mass is 10.3. The topological polar surface area (TPSA) is 128 Å². The molecule has 3 aromatic rings. The van der Waals surface area contributed by atoms with Crippen molar-refractivity contribution in [2.75, 3.05) is 18.0 Å². The van der Waals surface area contributed by atoms with E-state index in [-0.39, 0.29) is 12.3 Å². The first-order chi connectivity index (χ1) is 15.5. The molecule has 0 aromatic carbocycles. The molecular weight excluding hydrogens is 414 g/mol. The van der Waals surface area contributed by atoms with Crippen LogP contribution in [0.5, 0.6) is 0 Å². The highest BCUT2D eigenvalue weighted by Crippen LogP contribution is 2.17. The smallest absolute Gasteiger partial charge is 0.359 e. The number of anilines is 1. The summed E-state index contributed by atoms with van der Waals surface area (Å²) in [5.74, 6) is 0.507. The number of nitrogens with zero attached hydrogens (tertiary/aromatic N) is 6. The maximum atomic E-state index is 12.5. The lowest BCUT2D eigenvalue weighted by Crippen LogP contribution is -2.31. The molecule has 3 aromatic heterocycles. The Morgan fingerprint density at radius 2 is 1.91 bits per heavy atom. The third kappa shape index (κ3) is 4.14. The number of rotatable bonds is 8. The second-order valence-electron chi connectivity index (χ2n) is 7.76. The highest BCUT2D eigenvalue weighted by Gasteiger charge is 2.20. The molecule has 0 bridgehead atoms. The Labute approximate surface area is 184 Å². The first-order valence-electron chi connectivity index (χ1n) is 11.0. The summed E-state index contributed by atoms with van der Waals surface area (Å²) in [7, 11) is 0. The summed E-state index contributed by atoms with van der Waals surface area (Å²) in [6, 6.07) is 3.36. The van der Waals surface area contributed by atoms with Gasteiger partial charge >= 0.3 is 11.7 Å². The van der Waals surface area contributed by atoms with E-state index in [1.165, 1.54) is 4.57 Å². The van der Waals surface area contributed by atoms with E-state index in [4.69, 9.17) is 4.74 Å². The monoisotopic (exact) mass is 441 g/mol. The van der Waals surface area contributed by atoms with Gasteiger partial charge in [0.1, 0.15) is 12.4 Å². The summed E-state index contributed by atoms with van der Waals surface area (Å²) in [4.78, 5) is 46.2. The lowest BCUT2D eigenvalue weighted by molar-refractivity contribution is 0.0450. The Hall–Kier alpha value is -3.50. The number of unbranched alkanes of at least 4 members (excludes halogenated alkanes) is 1. The van der Waals surface area contributed by atoms with Crippen molar-refractivity contribution in [3.8, 4) is 0 Å². The standard InChI is InChI=1S/C21H27N7O4/c1-3-5-12-28-18-17(19(29)23-21(28)31)27(4-2)16(22-18)13-32-20(30)14-8-9-15(25-24-14)26-10-6-7-11-26/h8-9H,3-7,10-13H2,1-2H3,(H,23,29,31). The molecule has 0 spiro atoms. The highest BCUT2D eigenvalue weighted by atomic mass is 16.5. The first-order valence-corrected chi connectivity index (χ1v) is 11.0. The molecule has 170 valence electrons. The van der Waals surface area contributed by atoms with Crippen LogP contribution in [0.4, 0.5) is 5.82 Å². The van der Waals surface area contributed by atoms with Crippen LogP contribution < -0.4 is 16.1 Å². The number of aromatic amines is 1. The van der Waals surface area contributed by atoms with Gasteiger partial charge in [0.15, 0.2) is 22.7 Å². The minimum absolute atomic E-state index is 0.102. The molecule has 0 amide bonds. The van der Waals surface area contributed by atoms with Gasteiger partial charge in [-0.25, -0.2) is 14.6 Å². The third-order valence-corrected chi connectivity index (χ3v) is 5.64. The fraction of sp³-hybridized carbons (Fsp3) is 0.524. The van der Waals surface area contributed by atoms with Crippen molar-refractivity contribution < 1.29 is 9.53 Å². The number of imidazole rings is 1. The minimum Gasteiger partial charge on any atom is -0.453 e. The summed E-state index contributed by atoms with van der Waals surface area (Å²) < 4.78 is 8.52. The number of aryl methyl sites for hydroxylation is 2. The molecule has 4 rings (SSSR count). The largest absolute Gasteiger partial charge is 0.453 e. The van der Waals surface area contributed by atoms with E-state index in [0.717, 1.165) is 44.6 Å². The van der Waals surface area contributed by atoms with Crippen molar-refractivity contribution in [1.82, 2.24) is 29.3 Å². The Kier molecular flexibility index (Phi) is 6.33. The molecule has 1 aliphatic rings. The van der Waals surface area contributed by atoms with E-state index < -0.39 is 17.2 Å². The molecule has 1 fully saturated rings. The summed E-state index contributed by atoms with van der Waals surface area (Å²) in [6.07, 6.45) is 3.91. The van der Waals surface area contributed by atoms with Crippen LogP contribution in [0.1, 0.15) is 55.8 Å². The van der Waals surface area contributed by atoms with Gasteiger partial charge < -0.3 is 14.2 Å². The van der Waals surface area contributed by atoms with Crippen molar-refractivity contribution in [2.45, 2.75) is 59.2 Å². The average Bonchev–Trinajstić information content (AvgIpc) is 3.46. The predicted molar refractivity (Wildman–Crippen MR) is 118 cm³/mol. The van der Waals surface area contributed by atoms with Crippen molar-refractivity contribution in [3.63, 3.8) is 0 Å². The molecule has 0 radical (unpaired) electrons. The number of carbonyl (C=O) groups is 1. The molecule has 0 aliphatic carbocycles. The van der Waals surface area contributed by atoms with E-state index >= 15 is 0 Å². The summed E-state index contributed by atoms with van der Waals surface area (Å²) in [5.41, 5.74) is -0.301. The maximum Gasteiger partial charge on any atom is 0.359 e. The van der Waals surface area contributed by atoms with Gasteiger partial charge in [-0.2, -0.15) is 0 Å². The van der Waals surface area contributed by atoms with Crippen LogP contribution in [0.15, 0.2) is 21.7 Å². The van der Waals surface area contributed by atoms with Gasteiger partial charge in [-0.05, 0) is 38.3 Å². The quantitative estimate of drug-likeness (QED) is 0.520. The van der Waals surface area contributed by atoms with Gasteiger partial charge in [-0.15, -0.1) is 10.2 Å². The number of aromatic nitrogens is 6. The molecule has 11 nitrogen and oxygen atoms in total. The average molecular weight is 441 g/mol. The number of fused-ring (bicyclic) bond motifs is 1. The Balaban J connectivity index is 1.56. The second-order valence-corrected chi connectivity index (χ2v) is 7.76. The van der Waals surface area contributed by atoms with Crippen LogP contribution >= 0.6 is 0 Å². The Bertz CT molecular complexity index is 1220. The number of carbonyl (C=O) groups excluding carboxylic acids is 1. The Morgan fingerprint density at radius 1 is 1.12 bits per heavy atom. The van der Waals surface area contributed by atoms with Crippen molar-refractivity contribution in [2.24, 2.45) is 0 Å². The summed E-state index contributed by atoms with van der Waals surface area (Å²) in [5, 5.41) is 8.14. The number of nitrogens with one attached hydrogen (secondary N) is 1. The lowest BCUT2D eigenvalue weighted by Gasteiger charge is -2.15. The number of hydrogen-bond donors (Lipinski definition) is 1. The zero-order valence-corrected chi connectivity index (χ0v) is 18.3. The van der Waals surface area contributed by atoms with Gasteiger partial charge in [0.2, 0.25) is 0 Å². The Morgan fingerprint density at radius 3 is 2.56 bits per heavy atom. The normalized spacial score (nSPS) is 13.8. The molecule has 4 heterocycles. The molecule has 32 heavy (non-hydrogen) atoms. The molecule has 0 saturated carbocycles. The highest BCUT2D eigenvalue weighted by molar-refractivity contribution is 5.87. The summed E-state index contributed by atoms with van der Waals surface area (Å²) in [6.45, 7) is 6.48. The van der Waals surface area contributed by atoms with Crippen LogP contribution in [0.25, 0.3) is 11.2 Å². The van der Waals surface area contributed by atoms with Crippen LogP contribution in [0.2, 0.25) is 0 Å². The van der Waals surface area contributed by atoms with E-state index in [2.05, 4.69) is 25.1 Å². The zero-order valence-electron chi connectivity index (χ0n) is 18.3. The van der Waals surface area contributed by atoms with Gasteiger partial charge in [0.25, 0.3) is 5.56 Å². The first kappa shape index (κ1) is 21.7. The molecule has 1 N–H and O–H groups in total. The number of hydrogen-bond acceptors (Lipinski definition) is 8. The van der Waals surface area contributed by atoms with Gasteiger partial charge in [0, 0.05) is 26.2 Å². The third-order valence-electron chi connectivity index (χ3n) is 5.64. The van der Waals surface area contributed by atoms with E-state index in [0.29, 0.717) is 30.1 Å². The van der Waals surface area contributed by atoms with E-state index in [9.17, 15) is 14.4 Å². The minimum atomic E-state index is -0.627. The van der Waals surface area contributed by atoms with Gasteiger partial charge in [-0.1, -0.05) is 13.3 Å². The van der Waals surface area contributed by atoms with Gasteiger partial charge in [-0.3, -0.25) is 14.3 Å². The van der Waals surface area contributed by atoms with Crippen LogP contribution in [0.3, 0.4) is 0 Å². The van der Waals surface area contributed by atoms with E-state index in [1.807, 2.05) is 13.8 Å². The number of esters is 1. The number of H-pyrrole nitrogens is 1. The van der Waals surface area contributed by atoms with Gasteiger partial charge in [0.05, 0.1) is 0 Å². The molecule has 1 aliphatic heterocycles. The summed E-state index contributed by atoms with van der Waals surface area (Å²) >= 11 is 0. The molecule has 1 saturated heterocycles. The van der Waals surface area contributed by atoms with Crippen LogP contribution in [-0.2, 0) is 24.4 Å². The maximum absolute atomic E-state index is 12.5.